The largest absolute Gasteiger partial charge is 0.355 e. The number of nitrogens with zero attached hydrogens (tertiary/aromatic N) is 2. The molecule has 0 aliphatic rings. The Labute approximate surface area is 181 Å². The van der Waals surface area contributed by atoms with E-state index < -0.39 is 0 Å². The van der Waals surface area contributed by atoms with Crippen molar-refractivity contribution in [3.8, 4) is 0 Å². The normalized spacial score (nSPS) is 11.2. The summed E-state index contributed by atoms with van der Waals surface area (Å²) >= 11 is 1.33. The minimum absolute atomic E-state index is 0.0352. The van der Waals surface area contributed by atoms with Gasteiger partial charge in [-0.05, 0) is 42.9 Å². The molecule has 0 saturated carbocycles. The second-order valence-corrected chi connectivity index (χ2v) is 8.72. The molecule has 1 N–H and O–H groups in total. The van der Waals surface area contributed by atoms with Gasteiger partial charge in [0.05, 0.1) is 16.7 Å². The predicted octanol–water partition coefficient (Wildman–Crippen LogP) is 4.28. The monoisotopic (exact) mass is 423 g/mol. The third-order valence-electron chi connectivity index (χ3n) is 4.90. The Morgan fingerprint density at radius 1 is 1.10 bits per heavy atom. The second kappa shape index (κ2) is 11.0. The average molecular weight is 424 g/mol. The molecular weight excluding hydrogens is 394 g/mol. The van der Waals surface area contributed by atoms with Crippen LogP contribution in [-0.2, 0) is 17.8 Å². The number of amides is 1. The van der Waals surface area contributed by atoms with E-state index in [1.165, 1.54) is 17.3 Å². The molecule has 1 amide bonds. The second-order valence-electron chi connectivity index (χ2n) is 7.78. The fraction of sp³-hybridized carbons (Fsp3) is 0.375. The molecule has 3 rings (SSSR count). The van der Waals surface area contributed by atoms with Crippen LogP contribution in [-0.4, -0.2) is 27.8 Å². The van der Waals surface area contributed by atoms with E-state index in [4.69, 9.17) is 0 Å². The maximum atomic E-state index is 13.0. The topological polar surface area (TPSA) is 64.0 Å². The van der Waals surface area contributed by atoms with Crippen LogP contribution in [0.5, 0.6) is 0 Å². The first-order valence-electron chi connectivity index (χ1n) is 10.5. The summed E-state index contributed by atoms with van der Waals surface area (Å²) in [5.74, 6) is 0.692. The molecule has 0 unspecified atom stereocenters. The number of hydrogen-bond donors (Lipinski definition) is 1. The zero-order chi connectivity index (χ0) is 21.3. The van der Waals surface area contributed by atoms with E-state index in [1.807, 2.05) is 42.5 Å². The lowest BCUT2D eigenvalue weighted by atomic mass is 10.1. The Hall–Kier alpha value is -2.60. The number of thioether (sulfide) groups is 1. The Bertz CT molecular complexity index is 1030. The van der Waals surface area contributed by atoms with Crippen LogP contribution in [0.25, 0.3) is 10.9 Å². The molecular formula is C24H29N3O2S. The Morgan fingerprint density at radius 3 is 2.60 bits per heavy atom. The Kier molecular flexibility index (Phi) is 8.08. The molecule has 0 bridgehead atoms. The summed E-state index contributed by atoms with van der Waals surface area (Å²) in [4.78, 5) is 29.9. The van der Waals surface area contributed by atoms with E-state index in [2.05, 4.69) is 36.3 Å². The summed E-state index contributed by atoms with van der Waals surface area (Å²) in [7, 11) is 0. The minimum Gasteiger partial charge on any atom is -0.355 e. The quantitative estimate of drug-likeness (QED) is 0.300. The number of fused-ring (bicyclic) bond motifs is 1. The molecule has 1 aromatic heterocycles. The van der Waals surface area contributed by atoms with E-state index in [9.17, 15) is 9.59 Å². The molecule has 3 aromatic rings. The van der Waals surface area contributed by atoms with Crippen molar-refractivity contribution in [3.63, 3.8) is 0 Å². The predicted molar refractivity (Wildman–Crippen MR) is 124 cm³/mol. The highest BCUT2D eigenvalue weighted by Gasteiger charge is 2.13. The number of rotatable bonds is 10. The standard InChI is InChI=1S/C24H29N3O2S/c1-18(2)14-16-27-23(29)20-12-6-7-13-21(20)26-24(27)30-17-22(28)25-15-8-11-19-9-4-3-5-10-19/h3-7,9-10,12-13,18H,8,11,14-17H2,1-2H3,(H,25,28). The smallest absolute Gasteiger partial charge is 0.262 e. The van der Waals surface area contributed by atoms with E-state index in [0.717, 1.165) is 19.3 Å². The molecule has 5 nitrogen and oxygen atoms in total. The highest BCUT2D eigenvalue weighted by atomic mass is 32.2. The van der Waals surface area contributed by atoms with Crippen LogP contribution in [0.3, 0.4) is 0 Å². The van der Waals surface area contributed by atoms with Gasteiger partial charge in [-0.15, -0.1) is 0 Å². The zero-order valence-corrected chi connectivity index (χ0v) is 18.5. The van der Waals surface area contributed by atoms with Crippen LogP contribution in [0, 0.1) is 5.92 Å². The molecule has 158 valence electrons. The first-order valence-corrected chi connectivity index (χ1v) is 11.5. The molecule has 0 spiro atoms. The number of hydrogen-bond acceptors (Lipinski definition) is 4. The average Bonchev–Trinajstić information content (AvgIpc) is 2.75. The zero-order valence-electron chi connectivity index (χ0n) is 17.6. The van der Waals surface area contributed by atoms with E-state index in [-0.39, 0.29) is 17.2 Å². The molecule has 0 aliphatic heterocycles. The Morgan fingerprint density at radius 2 is 1.83 bits per heavy atom. The van der Waals surface area contributed by atoms with Crippen molar-refractivity contribution in [2.75, 3.05) is 12.3 Å². The van der Waals surface area contributed by atoms with Crippen LogP contribution in [0.15, 0.2) is 64.5 Å². The molecule has 0 fully saturated rings. The SMILES string of the molecule is CC(C)CCn1c(SCC(=O)NCCCc2ccccc2)nc2ccccc2c1=O. The van der Waals surface area contributed by atoms with Crippen molar-refractivity contribution in [2.45, 2.75) is 44.8 Å². The van der Waals surface area contributed by atoms with Gasteiger partial charge in [0.2, 0.25) is 5.91 Å². The number of benzene rings is 2. The van der Waals surface area contributed by atoms with E-state index in [1.54, 1.807) is 4.57 Å². The fourth-order valence-corrected chi connectivity index (χ4v) is 4.04. The number of aromatic nitrogens is 2. The van der Waals surface area contributed by atoms with E-state index in [0.29, 0.717) is 35.1 Å². The van der Waals surface area contributed by atoms with Gasteiger partial charge < -0.3 is 5.32 Å². The number of aryl methyl sites for hydroxylation is 1. The summed E-state index contributed by atoms with van der Waals surface area (Å²) < 4.78 is 1.72. The molecule has 0 radical (unpaired) electrons. The maximum absolute atomic E-state index is 13.0. The molecule has 2 aromatic carbocycles. The van der Waals surface area contributed by atoms with Gasteiger partial charge in [-0.1, -0.05) is 68.1 Å². The maximum Gasteiger partial charge on any atom is 0.262 e. The van der Waals surface area contributed by atoms with Crippen molar-refractivity contribution in [2.24, 2.45) is 5.92 Å². The minimum atomic E-state index is -0.0362. The van der Waals surface area contributed by atoms with Gasteiger partial charge in [-0.3, -0.25) is 14.2 Å². The highest BCUT2D eigenvalue weighted by molar-refractivity contribution is 7.99. The van der Waals surface area contributed by atoms with E-state index >= 15 is 0 Å². The first-order chi connectivity index (χ1) is 14.5. The summed E-state index contributed by atoms with van der Waals surface area (Å²) in [6, 6.07) is 17.6. The molecule has 1 heterocycles. The van der Waals surface area contributed by atoms with Gasteiger partial charge in [0, 0.05) is 13.1 Å². The first kappa shape index (κ1) is 22.1. The molecule has 0 atom stereocenters. The molecule has 6 heteroatoms. The van der Waals surface area contributed by atoms with Crippen LogP contribution < -0.4 is 10.9 Å². The lowest BCUT2D eigenvalue weighted by Crippen LogP contribution is -2.28. The highest BCUT2D eigenvalue weighted by Crippen LogP contribution is 2.18. The van der Waals surface area contributed by atoms with Gasteiger partial charge in [-0.2, -0.15) is 0 Å². The summed E-state index contributed by atoms with van der Waals surface area (Å²) in [5.41, 5.74) is 1.91. The number of nitrogens with one attached hydrogen (secondary N) is 1. The number of para-hydroxylation sites is 1. The number of carbonyl (C=O) groups excluding carboxylic acids is 1. The van der Waals surface area contributed by atoms with Crippen molar-refractivity contribution in [3.05, 3.63) is 70.5 Å². The fourth-order valence-electron chi connectivity index (χ4n) is 3.19. The molecule has 0 aliphatic carbocycles. The van der Waals surface area contributed by atoms with Gasteiger partial charge in [-0.25, -0.2) is 4.98 Å². The summed E-state index contributed by atoms with van der Waals surface area (Å²) in [6.45, 7) is 5.51. The summed E-state index contributed by atoms with van der Waals surface area (Å²) in [5, 5.41) is 4.20. The van der Waals surface area contributed by atoms with Crippen LogP contribution in [0.4, 0.5) is 0 Å². The van der Waals surface area contributed by atoms with Crippen molar-refractivity contribution in [1.82, 2.24) is 14.9 Å². The summed E-state index contributed by atoms with van der Waals surface area (Å²) in [6.07, 6.45) is 2.72. The van der Waals surface area contributed by atoms with Gasteiger partial charge in [0.1, 0.15) is 0 Å². The van der Waals surface area contributed by atoms with Crippen LogP contribution in [0.1, 0.15) is 32.3 Å². The molecule has 30 heavy (non-hydrogen) atoms. The molecule has 0 saturated heterocycles. The van der Waals surface area contributed by atoms with Crippen molar-refractivity contribution in [1.29, 1.82) is 0 Å². The van der Waals surface area contributed by atoms with Gasteiger partial charge >= 0.3 is 0 Å². The third-order valence-corrected chi connectivity index (χ3v) is 5.87. The third kappa shape index (κ3) is 6.20. The van der Waals surface area contributed by atoms with Crippen molar-refractivity contribution < 1.29 is 4.79 Å². The Balaban J connectivity index is 1.60. The van der Waals surface area contributed by atoms with Crippen LogP contribution >= 0.6 is 11.8 Å². The number of carbonyl (C=O) groups is 1. The van der Waals surface area contributed by atoms with Crippen LogP contribution in [0.2, 0.25) is 0 Å². The van der Waals surface area contributed by atoms with Gasteiger partial charge in [0.25, 0.3) is 5.56 Å². The lowest BCUT2D eigenvalue weighted by molar-refractivity contribution is -0.118. The van der Waals surface area contributed by atoms with Crippen molar-refractivity contribution >= 4 is 28.6 Å². The lowest BCUT2D eigenvalue weighted by Gasteiger charge is -2.14. The van der Waals surface area contributed by atoms with Gasteiger partial charge in [0.15, 0.2) is 5.16 Å².